The number of rotatable bonds is 6. The predicted octanol–water partition coefficient (Wildman–Crippen LogP) is 0.368. The zero-order valence-electron chi connectivity index (χ0n) is 16.8. The number of fused-ring (bicyclic) bond motifs is 1. The summed E-state index contributed by atoms with van der Waals surface area (Å²) in [5, 5.41) is 9.43. The van der Waals surface area contributed by atoms with Gasteiger partial charge >= 0.3 is 11.8 Å². The lowest BCUT2D eigenvalue weighted by Gasteiger charge is -2.15. The molecule has 0 radical (unpaired) electrons. The van der Waals surface area contributed by atoms with E-state index in [9.17, 15) is 22.8 Å². The number of sulfone groups is 1. The number of likely N-dealkylation sites (tertiary alicyclic amines) is 1. The molecule has 2 N–H and O–H groups in total. The fourth-order valence-corrected chi connectivity index (χ4v) is 5.28. The molecule has 1 saturated heterocycles. The maximum atomic E-state index is 12.5. The molecule has 1 aromatic carbocycles. The first-order valence-electron chi connectivity index (χ1n) is 10.1. The van der Waals surface area contributed by atoms with Crippen molar-refractivity contribution >= 4 is 33.4 Å². The predicted molar refractivity (Wildman–Crippen MR) is 112 cm³/mol. The molecule has 0 saturated carbocycles. The Bertz CT molecular complexity index is 1130. The quantitative estimate of drug-likeness (QED) is 0.488. The molecule has 1 fully saturated rings. The van der Waals surface area contributed by atoms with E-state index >= 15 is 0 Å². The zero-order chi connectivity index (χ0) is 22.0. The van der Waals surface area contributed by atoms with Gasteiger partial charge in [-0.15, -0.1) is 0 Å². The lowest BCUT2D eigenvalue weighted by Crippen LogP contribution is -2.37. The number of amides is 3. The fourth-order valence-electron chi connectivity index (χ4n) is 3.78. The molecular weight excluding hydrogens is 422 g/mol. The minimum atomic E-state index is -3.33. The Morgan fingerprint density at radius 1 is 1.10 bits per heavy atom. The summed E-state index contributed by atoms with van der Waals surface area (Å²) in [6, 6.07) is 8.95. The SMILES string of the molecule is O=C(NCCCN1CCCC1=O)C(=O)Nc1c2c(nn1-c1ccccc1)CS(=O)(=O)C2. The van der Waals surface area contributed by atoms with Crippen molar-refractivity contribution in [2.45, 2.75) is 30.8 Å². The molecule has 0 bridgehead atoms. The van der Waals surface area contributed by atoms with Gasteiger partial charge in [0, 0.05) is 31.6 Å². The van der Waals surface area contributed by atoms with E-state index in [1.54, 1.807) is 29.2 Å². The molecule has 2 aliphatic heterocycles. The van der Waals surface area contributed by atoms with Gasteiger partial charge in [-0.05, 0) is 25.0 Å². The van der Waals surface area contributed by atoms with Gasteiger partial charge in [-0.3, -0.25) is 14.4 Å². The summed E-state index contributed by atoms with van der Waals surface area (Å²) in [6.07, 6.45) is 1.95. The molecule has 4 rings (SSSR count). The number of carbonyl (C=O) groups excluding carboxylic acids is 3. The summed E-state index contributed by atoms with van der Waals surface area (Å²) in [5.74, 6) is -1.88. The largest absolute Gasteiger partial charge is 0.348 e. The Labute approximate surface area is 179 Å². The minimum absolute atomic E-state index is 0.113. The van der Waals surface area contributed by atoms with Gasteiger partial charge in [0.1, 0.15) is 5.82 Å². The van der Waals surface area contributed by atoms with Crippen molar-refractivity contribution in [1.82, 2.24) is 20.0 Å². The van der Waals surface area contributed by atoms with Gasteiger partial charge in [-0.2, -0.15) is 5.10 Å². The van der Waals surface area contributed by atoms with Crippen molar-refractivity contribution in [2.24, 2.45) is 0 Å². The van der Waals surface area contributed by atoms with Crippen LogP contribution in [0, 0.1) is 0 Å². The van der Waals surface area contributed by atoms with Gasteiger partial charge in [-0.1, -0.05) is 18.2 Å². The second-order valence-electron chi connectivity index (χ2n) is 7.60. The first kappa shape index (κ1) is 21.0. The molecule has 31 heavy (non-hydrogen) atoms. The van der Waals surface area contributed by atoms with Gasteiger partial charge in [0.2, 0.25) is 5.91 Å². The standard InChI is InChI=1S/C20H23N5O5S/c26-17-8-4-10-24(17)11-5-9-21-19(27)20(28)22-18-15-12-31(29,30)13-16(15)23-25(18)14-6-2-1-3-7-14/h1-3,6-7H,4-5,8-13H2,(H,21,27)(H,22,28). The molecule has 0 atom stereocenters. The number of anilines is 1. The molecule has 3 amide bonds. The van der Waals surface area contributed by atoms with E-state index in [1.165, 1.54) is 4.68 Å². The molecule has 1 aromatic heterocycles. The highest BCUT2D eigenvalue weighted by Gasteiger charge is 2.33. The third-order valence-electron chi connectivity index (χ3n) is 5.29. The first-order valence-corrected chi connectivity index (χ1v) is 11.9. The van der Waals surface area contributed by atoms with E-state index in [0.29, 0.717) is 36.3 Å². The monoisotopic (exact) mass is 445 g/mol. The highest BCUT2D eigenvalue weighted by atomic mass is 32.2. The van der Waals surface area contributed by atoms with E-state index in [0.717, 1.165) is 13.0 Å². The maximum absolute atomic E-state index is 12.5. The molecular formula is C20H23N5O5S. The van der Waals surface area contributed by atoms with Crippen molar-refractivity contribution < 1.29 is 22.8 Å². The molecule has 0 unspecified atom stereocenters. The average molecular weight is 446 g/mol. The lowest BCUT2D eigenvalue weighted by molar-refractivity contribution is -0.136. The second kappa shape index (κ2) is 8.50. The number of hydrogen-bond donors (Lipinski definition) is 2. The molecule has 0 spiro atoms. The summed E-state index contributed by atoms with van der Waals surface area (Å²) in [5.41, 5.74) is 1.41. The Morgan fingerprint density at radius 2 is 1.87 bits per heavy atom. The van der Waals surface area contributed by atoms with Crippen LogP contribution in [0.5, 0.6) is 0 Å². The van der Waals surface area contributed by atoms with Gasteiger partial charge in [-0.25, -0.2) is 13.1 Å². The Balaban J connectivity index is 1.42. The van der Waals surface area contributed by atoms with Gasteiger partial charge in [0.05, 0.1) is 22.9 Å². The van der Waals surface area contributed by atoms with Crippen LogP contribution in [0.3, 0.4) is 0 Å². The summed E-state index contributed by atoms with van der Waals surface area (Å²) in [7, 11) is -3.33. The highest BCUT2D eigenvalue weighted by molar-refractivity contribution is 7.90. The Hall–Kier alpha value is -3.21. The molecule has 10 nitrogen and oxygen atoms in total. The van der Waals surface area contributed by atoms with Gasteiger partial charge in [0.15, 0.2) is 9.84 Å². The van der Waals surface area contributed by atoms with Crippen LogP contribution in [0.2, 0.25) is 0 Å². The zero-order valence-corrected chi connectivity index (χ0v) is 17.7. The maximum Gasteiger partial charge on any atom is 0.314 e. The third kappa shape index (κ3) is 4.61. The van der Waals surface area contributed by atoms with Crippen LogP contribution in [-0.2, 0) is 35.7 Å². The van der Waals surface area contributed by atoms with E-state index in [4.69, 9.17) is 0 Å². The fraction of sp³-hybridized carbons (Fsp3) is 0.400. The molecule has 2 aliphatic rings. The van der Waals surface area contributed by atoms with Crippen molar-refractivity contribution in [3.05, 3.63) is 41.6 Å². The number of para-hydroxylation sites is 1. The van der Waals surface area contributed by atoms with Gasteiger partial charge < -0.3 is 15.5 Å². The van der Waals surface area contributed by atoms with Crippen molar-refractivity contribution in [3.63, 3.8) is 0 Å². The molecule has 11 heteroatoms. The molecule has 3 heterocycles. The van der Waals surface area contributed by atoms with Crippen LogP contribution in [-0.4, -0.2) is 60.5 Å². The second-order valence-corrected chi connectivity index (χ2v) is 9.67. The Kier molecular flexibility index (Phi) is 5.77. The number of benzene rings is 1. The van der Waals surface area contributed by atoms with Crippen molar-refractivity contribution in [2.75, 3.05) is 25.0 Å². The number of hydrogen-bond acceptors (Lipinski definition) is 6. The Morgan fingerprint density at radius 3 is 2.58 bits per heavy atom. The smallest absolute Gasteiger partial charge is 0.314 e. The number of aromatic nitrogens is 2. The average Bonchev–Trinajstić information content (AvgIpc) is 3.38. The van der Waals surface area contributed by atoms with Crippen LogP contribution in [0.1, 0.15) is 30.5 Å². The number of carbonyl (C=O) groups is 3. The lowest BCUT2D eigenvalue weighted by atomic mass is 10.2. The van der Waals surface area contributed by atoms with Crippen LogP contribution in [0.4, 0.5) is 5.82 Å². The minimum Gasteiger partial charge on any atom is -0.348 e. The molecule has 0 aliphatic carbocycles. The highest BCUT2D eigenvalue weighted by Crippen LogP contribution is 2.32. The molecule has 2 aromatic rings. The topological polar surface area (TPSA) is 130 Å². The van der Waals surface area contributed by atoms with Crippen LogP contribution in [0.25, 0.3) is 5.69 Å². The van der Waals surface area contributed by atoms with E-state index in [2.05, 4.69) is 15.7 Å². The third-order valence-corrected chi connectivity index (χ3v) is 6.73. The van der Waals surface area contributed by atoms with Crippen LogP contribution in [0.15, 0.2) is 30.3 Å². The van der Waals surface area contributed by atoms with Crippen molar-refractivity contribution in [3.8, 4) is 5.69 Å². The first-order chi connectivity index (χ1) is 14.8. The summed E-state index contributed by atoms with van der Waals surface area (Å²) in [6.45, 7) is 1.51. The van der Waals surface area contributed by atoms with E-state index in [1.807, 2.05) is 6.07 Å². The van der Waals surface area contributed by atoms with Crippen LogP contribution < -0.4 is 10.6 Å². The summed E-state index contributed by atoms with van der Waals surface area (Å²) in [4.78, 5) is 38.1. The van der Waals surface area contributed by atoms with E-state index < -0.39 is 21.7 Å². The van der Waals surface area contributed by atoms with Gasteiger partial charge in [0.25, 0.3) is 0 Å². The number of nitrogens with one attached hydrogen (secondary N) is 2. The summed E-state index contributed by atoms with van der Waals surface area (Å²) < 4.78 is 25.5. The number of nitrogens with zero attached hydrogens (tertiary/aromatic N) is 3. The van der Waals surface area contributed by atoms with E-state index in [-0.39, 0.29) is 29.8 Å². The normalized spacial score (nSPS) is 16.9. The van der Waals surface area contributed by atoms with Crippen LogP contribution >= 0.6 is 0 Å². The van der Waals surface area contributed by atoms with Crippen molar-refractivity contribution in [1.29, 1.82) is 0 Å². The molecule has 164 valence electrons. The summed E-state index contributed by atoms with van der Waals surface area (Å²) >= 11 is 0.